The van der Waals surface area contributed by atoms with Crippen molar-refractivity contribution in [3.8, 4) is 0 Å². The van der Waals surface area contributed by atoms with Crippen LogP contribution in [0.3, 0.4) is 0 Å². The van der Waals surface area contributed by atoms with Gasteiger partial charge in [-0.15, -0.1) is 0 Å². The van der Waals surface area contributed by atoms with Crippen LogP contribution < -0.4 is 11.1 Å². The minimum absolute atomic E-state index is 0.128. The number of hydrogen-bond donors (Lipinski definition) is 2. The second-order valence-electron chi connectivity index (χ2n) is 4.27. The van der Waals surface area contributed by atoms with Gasteiger partial charge in [0.05, 0.1) is 12.7 Å². The quantitative estimate of drug-likeness (QED) is 0.764. The number of carbonyl (C=O) groups excluding carboxylic acids is 2. The van der Waals surface area contributed by atoms with Crippen molar-refractivity contribution < 1.29 is 14.3 Å². The number of primary amides is 1. The largest absolute Gasteiger partial charge is 0.465 e. The summed E-state index contributed by atoms with van der Waals surface area (Å²) in [7, 11) is 1.32. The van der Waals surface area contributed by atoms with Gasteiger partial charge in [-0.3, -0.25) is 10.1 Å². The zero-order chi connectivity index (χ0) is 13.7. The molecule has 0 aromatic heterocycles. The first-order valence-electron chi connectivity index (χ1n) is 5.69. The molecule has 1 unspecified atom stereocenters. The summed E-state index contributed by atoms with van der Waals surface area (Å²) in [5, 5.41) is 3.07. The number of methoxy groups -OCH3 is 1. The SMILES string of the molecule is COC(=O)c1ccc(C(NC(C)C)C(N)=O)cc1. The Morgan fingerprint density at radius 1 is 1.22 bits per heavy atom. The van der Waals surface area contributed by atoms with Crippen molar-refractivity contribution in [2.24, 2.45) is 5.73 Å². The van der Waals surface area contributed by atoms with Crippen molar-refractivity contribution in [1.82, 2.24) is 5.32 Å². The Bertz CT molecular complexity index is 426. The minimum atomic E-state index is -0.559. The predicted molar refractivity (Wildman–Crippen MR) is 68.0 cm³/mol. The zero-order valence-corrected chi connectivity index (χ0v) is 10.8. The lowest BCUT2D eigenvalue weighted by Gasteiger charge is -2.18. The van der Waals surface area contributed by atoms with E-state index in [0.29, 0.717) is 5.56 Å². The summed E-state index contributed by atoms with van der Waals surface area (Å²) >= 11 is 0. The molecular formula is C13H18N2O3. The molecule has 1 amide bonds. The Hall–Kier alpha value is -1.88. The Balaban J connectivity index is 2.93. The van der Waals surface area contributed by atoms with Crippen molar-refractivity contribution >= 4 is 11.9 Å². The third-order valence-corrected chi connectivity index (χ3v) is 2.45. The molecule has 0 saturated carbocycles. The number of ether oxygens (including phenoxy) is 1. The summed E-state index contributed by atoms with van der Waals surface area (Å²) in [6.45, 7) is 3.86. The van der Waals surface area contributed by atoms with Crippen molar-refractivity contribution in [2.75, 3.05) is 7.11 Å². The molecule has 1 aromatic carbocycles. The Kier molecular flexibility index (Phi) is 4.85. The number of rotatable bonds is 5. The molecule has 1 rings (SSSR count). The highest BCUT2D eigenvalue weighted by Crippen LogP contribution is 2.15. The molecule has 0 aliphatic rings. The number of hydrogen-bond acceptors (Lipinski definition) is 4. The average molecular weight is 250 g/mol. The molecule has 18 heavy (non-hydrogen) atoms. The highest BCUT2D eigenvalue weighted by molar-refractivity contribution is 5.89. The zero-order valence-electron chi connectivity index (χ0n) is 10.8. The number of carbonyl (C=O) groups is 2. The van der Waals surface area contributed by atoms with Crippen LogP contribution in [0.15, 0.2) is 24.3 Å². The lowest BCUT2D eigenvalue weighted by atomic mass is 10.0. The summed E-state index contributed by atoms with van der Waals surface area (Å²) < 4.78 is 4.60. The topological polar surface area (TPSA) is 81.4 Å². The first-order valence-corrected chi connectivity index (χ1v) is 5.69. The third-order valence-electron chi connectivity index (χ3n) is 2.45. The van der Waals surface area contributed by atoms with Gasteiger partial charge in [0.2, 0.25) is 5.91 Å². The maximum absolute atomic E-state index is 11.4. The van der Waals surface area contributed by atoms with Gasteiger partial charge >= 0.3 is 5.97 Å². The standard InChI is InChI=1S/C13H18N2O3/c1-8(2)15-11(12(14)16)9-4-6-10(7-5-9)13(17)18-3/h4-8,11,15H,1-3H3,(H2,14,16). The van der Waals surface area contributed by atoms with E-state index in [0.717, 1.165) is 5.56 Å². The van der Waals surface area contributed by atoms with Gasteiger partial charge in [0.15, 0.2) is 0 Å². The number of benzene rings is 1. The molecule has 0 saturated heterocycles. The normalized spacial score (nSPS) is 12.2. The Morgan fingerprint density at radius 2 is 1.78 bits per heavy atom. The Labute approximate surface area is 106 Å². The lowest BCUT2D eigenvalue weighted by molar-refractivity contribution is -0.120. The van der Waals surface area contributed by atoms with E-state index in [-0.39, 0.29) is 6.04 Å². The fourth-order valence-corrected chi connectivity index (χ4v) is 1.61. The van der Waals surface area contributed by atoms with E-state index < -0.39 is 17.9 Å². The van der Waals surface area contributed by atoms with Crippen molar-refractivity contribution in [1.29, 1.82) is 0 Å². The fraction of sp³-hybridized carbons (Fsp3) is 0.385. The molecule has 0 aliphatic heterocycles. The van der Waals surface area contributed by atoms with Gasteiger partial charge < -0.3 is 10.5 Å². The highest BCUT2D eigenvalue weighted by atomic mass is 16.5. The molecule has 1 aromatic rings. The number of nitrogens with two attached hydrogens (primary N) is 1. The van der Waals surface area contributed by atoms with Gasteiger partial charge in [-0.1, -0.05) is 12.1 Å². The summed E-state index contributed by atoms with van der Waals surface area (Å²) in [5.41, 5.74) is 6.51. The lowest BCUT2D eigenvalue weighted by Crippen LogP contribution is -2.37. The van der Waals surface area contributed by atoms with Gasteiger partial charge in [-0.25, -0.2) is 4.79 Å². The predicted octanol–water partition coefficient (Wildman–Crippen LogP) is 0.998. The van der Waals surface area contributed by atoms with Crippen LogP contribution in [0.5, 0.6) is 0 Å². The second-order valence-corrected chi connectivity index (χ2v) is 4.27. The second kappa shape index (κ2) is 6.16. The molecule has 1 atom stereocenters. The Morgan fingerprint density at radius 3 is 2.17 bits per heavy atom. The van der Waals surface area contributed by atoms with Gasteiger partial charge in [0.1, 0.15) is 6.04 Å². The van der Waals surface area contributed by atoms with Crippen LogP contribution in [0, 0.1) is 0 Å². The molecule has 0 spiro atoms. The summed E-state index contributed by atoms with van der Waals surface area (Å²) in [6.07, 6.45) is 0. The van der Waals surface area contributed by atoms with E-state index in [1.165, 1.54) is 7.11 Å². The van der Waals surface area contributed by atoms with Gasteiger partial charge in [-0.2, -0.15) is 0 Å². The monoisotopic (exact) mass is 250 g/mol. The van der Waals surface area contributed by atoms with Crippen molar-refractivity contribution in [3.63, 3.8) is 0 Å². The van der Waals surface area contributed by atoms with E-state index >= 15 is 0 Å². The van der Waals surface area contributed by atoms with E-state index in [2.05, 4.69) is 10.1 Å². The molecule has 5 nitrogen and oxygen atoms in total. The molecule has 0 fully saturated rings. The number of amides is 1. The van der Waals surface area contributed by atoms with Crippen LogP contribution in [-0.2, 0) is 9.53 Å². The van der Waals surface area contributed by atoms with E-state index in [1.54, 1.807) is 24.3 Å². The summed E-state index contributed by atoms with van der Waals surface area (Å²) in [6, 6.07) is 6.17. The van der Waals surface area contributed by atoms with Gasteiger partial charge in [0.25, 0.3) is 0 Å². The van der Waals surface area contributed by atoms with E-state index in [9.17, 15) is 9.59 Å². The van der Waals surface area contributed by atoms with Gasteiger partial charge in [0, 0.05) is 6.04 Å². The van der Waals surface area contributed by atoms with Crippen LogP contribution in [-0.4, -0.2) is 25.0 Å². The fourth-order valence-electron chi connectivity index (χ4n) is 1.61. The minimum Gasteiger partial charge on any atom is -0.465 e. The van der Waals surface area contributed by atoms with Crippen LogP contribution in [0.2, 0.25) is 0 Å². The summed E-state index contributed by atoms with van der Waals surface area (Å²) in [5.74, 6) is -0.858. The molecular weight excluding hydrogens is 232 g/mol. The molecule has 0 aliphatic carbocycles. The van der Waals surface area contributed by atoms with Crippen molar-refractivity contribution in [3.05, 3.63) is 35.4 Å². The molecule has 0 radical (unpaired) electrons. The van der Waals surface area contributed by atoms with Crippen LogP contribution in [0.25, 0.3) is 0 Å². The summed E-state index contributed by atoms with van der Waals surface area (Å²) in [4.78, 5) is 22.7. The number of esters is 1. The smallest absolute Gasteiger partial charge is 0.337 e. The van der Waals surface area contributed by atoms with Crippen molar-refractivity contribution in [2.45, 2.75) is 25.9 Å². The van der Waals surface area contributed by atoms with E-state index in [1.807, 2.05) is 13.8 Å². The molecule has 0 heterocycles. The maximum Gasteiger partial charge on any atom is 0.337 e. The van der Waals surface area contributed by atoms with Crippen LogP contribution in [0.4, 0.5) is 0 Å². The van der Waals surface area contributed by atoms with Crippen LogP contribution >= 0.6 is 0 Å². The van der Waals surface area contributed by atoms with E-state index in [4.69, 9.17) is 5.73 Å². The molecule has 5 heteroatoms. The van der Waals surface area contributed by atoms with Gasteiger partial charge in [-0.05, 0) is 31.5 Å². The maximum atomic E-state index is 11.4. The molecule has 0 bridgehead atoms. The molecule has 3 N–H and O–H groups in total. The molecule has 98 valence electrons. The highest BCUT2D eigenvalue weighted by Gasteiger charge is 2.18. The van der Waals surface area contributed by atoms with Crippen LogP contribution in [0.1, 0.15) is 35.8 Å². The average Bonchev–Trinajstić information content (AvgIpc) is 2.34. The third kappa shape index (κ3) is 3.56. The first-order chi connectivity index (χ1) is 8.45. The first kappa shape index (κ1) is 14.2. The number of nitrogens with one attached hydrogen (secondary N) is 1.